The highest BCUT2D eigenvalue weighted by atomic mass is 15.2. The first-order valence-electron chi connectivity index (χ1n) is 6.01. The molecule has 0 aromatic heterocycles. The molecule has 1 saturated carbocycles. The minimum absolute atomic E-state index is 0.644. The van der Waals surface area contributed by atoms with E-state index in [1.165, 1.54) is 32.1 Å². The van der Waals surface area contributed by atoms with E-state index in [2.05, 4.69) is 17.1 Å². The predicted octanol–water partition coefficient (Wildman–Crippen LogP) is 1.77. The molecular formula is C12H22N2. The Morgan fingerprint density at radius 1 is 1.14 bits per heavy atom. The van der Waals surface area contributed by atoms with Gasteiger partial charge in [0.2, 0.25) is 0 Å². The summed E-state index contributed by atoms with van der Waals surface area (Å²) < 4.78 is 0. The van der Waals surface area contributed by atoms with Crippen LogP contribution in [0.4, 0.5) is 0 Å². The molecule has 1 heterocycles. The van der Waals surface area contributed by atoms with Gasteiger partial charge in [-0.2, -0.15) is 0 Å². The maximum Gasteiger partial charge on any atom is 0.0253 e. The molecule has 0 radical (unpaired) electrons. The Balaban J connectivity index is 1.90. The van der Waals surface area contributed by atoms with Gasteiger partial charge in [-0.15, -0.1) is 0 Å². The lowest BCUT2D eigenvalue weighted by atomic mass is 9.83. The molecule has 0 amide bonds. The topological polar surface area (TPSA) is 29.3 Å². The Morgan fingerprint density at radius 2 is 1.79 bits per heavy atom. The third-order valence-electron chi connectivity index (χ3n) is 3.75. The lowest BCUT2D eigenvalue weighted by molar-refractivity contribution is 0.153. The number of nitrogens with two attached hydrogens (primary N) is 1. The first kappa shape index (κ1) is 10.2. The molecule has 2 N–H and O–H groups in total. The van der Waals surface area contributed by atoms with Crippen LogP contribution in [0.15, 0.2) is 12.2 Å². The number of nitrogens with zero attached hydrogens (tertiary/aromatic N) is 1. The monoisotopic (exact) mass is 194 g/mol. The molecule has 1 unspecified atom stereocenters. The summed E-state index contributed by atoms with van der Waals surface area (Å²) in [7, 11) is 0. The van der Waals surface area contributed by atoms with E-state index in [-0.39, 0.29) is 0 Å². The van der Waals surface area contributed by atoms with Gasteiger partial charge in [-0.1, -0.05) is 31.4 Å². The van der Waals surface area contributed by atoms with Gasteiger partial charge < -0.3 is 5.73 Å². The van der Waals surface area contributed by atoms with E-state index in [1.807, 2.05) is 0 Å². The van der Waals surface area contributed by atoms with Crippen LogP contribution in [0.25, 0.3) is 0 Å². The number of hydrogen-bond donors (Lipinski definition) is 1. The zero-order valence-electron chi connectivity index (χ0n) is 8.99. The fourth-order valence-electron chi connectivity index (χ4n) is 2.92. The highest BCUT2D eigenvalue weighted by Crippen LogP contribution is 2.29. The van der Waals surface area contributed by atoms with Crippen molar-refractivity contribution in [3.05, 3.63) is 12.2 Å². The van der Waals surface area contributed by atoms with Crippen LogP contribution in [0.1, 0.15) is 32.1 Å². The second-order valence-electron chi connectivity index (χ2n) is 4.63. The molecule has 0 saturated heterocycles. The van der Waals surface area contributed by atoms with E-state index in [1.54, 1.807) is 0 Å². The van der Waals surface area contributed by atoms with Gasteiger partial charge >= 0.3 is 0 Å². The van der Waals surface area contributed by atoms with Gasteiger partial charge in [0.15, 0.2) is 0 Å². The van der Waals surface area contributed by atoms with E-state index in [9.17, 15) is 0 Å². The minimum atomic E-state index is 0.644. The van der Waals surface area contributed by atoms with Gasteiger partial charge in [0, 0.05) is 25.7 Å². The third-order valence-corrected chi connectivity index (χ3v) is 3.75. The average Bonchev–Trinajstić information content (AvgIpc) is 2.74. The normalized spacial score (nSPS) is 26.9. The molecule has 2 heteroatoms. The Hall–Kier alpha value is -0.340. The highest BCUT2D eigenvalue weighted by Gasteiger charge is 2.27. The van der Waals surface area contributed by atoms with Gasteiger partial charge in [0.05, 0.1) is 0 Å². The molecular weight excluding hydrogens is 172 g/mol. The molecule has 1 fully saturated rings. The van der Waals surface area contributed by atoms with Crippen molar-refractivity contribution in [3.8, 4) is 0 Å². The summed E-state index contributed by atoms with van der Waals surface area (Å²) in [6, 6.07) is 0.644. The van der Waals surface area contributed by atoms with E-state index in [4.69, 9.17) is 5.73 Å². The molecule has 80 valence electrons. The van der Waals surface area contributed by atoms with Crippen molar-refractivity contribution in [3.63, 3.8) is 0 Å². The minimum Gasteiger partial charge on any atom is -0.329 e. The van der Waals surface area contributed by atoms with Crippen LogP contribution in [-0.4, -0.2) is 30.6 Å². The summed E-state index contributed by atoms with van der Waals surface area (Å²) in [6.45, 7) is 3.09. The molecule has 2 nitrogen and oxygen atoms in total. The van der Waals surface area contributed by atoms with Crippen LogP contribution < -0.4 is 5.73 Å². The second-order valence-corrected chi connectivity index (χ2v) is 4.63. The Morgan fingerprint density at radius 3 is 2.36 bits per heavy atom. The van der Waals surface area contributed by atoms with Gasteiger partial charge in [0.1, 0.15) is 0 Å². The average molecular weight is 194 g/mol. The fraction of sp³-hybridized carbons (Fsp3) is 0.833. The molecule has 0 bridgehead atoms. The van der Waals surface area contributed by atoms with E-state index >= 15 is 0 Å². The molecule has 14 heavy (non-hydrogen) atoms. The van der Waals surface area contributed by atoms with Crippen molar-refractivity contribution in [2.75, 3.05) is 19.6 Å². The predicted molar refractivity (Wildman–Crippen MR) is 60.1 cm³/mol. The standard InChI is InChI=1S/C12H22N2/c13-10-12(14-8-4-5-9-14)11-6-2-1-3-7-11/h4-5,11-12H,1-3,6-10,13H2. The van der Waals surface area contributed by atoms with Crippen LogP contribution in [0.3, 0.4) is 0 Å². The maximum atomic E-state index is 5.91. The van der Waals surface area contributed by atoms with Crippen molar-refractivity contribution < 1.29 is 0 Å². The van der Waals surface area contributed by atoms with Crippen LogP contribution in [0.2, 0.25) is 0 Å². The Labute approximate surface area is 87.2 Å². The SMILES string of the molecule is NCC(C1CCCCC1)N1CC=CC1. The molecule has 0 spiro atoms. The molecule has 1 aliphatic carbocycles. The van der Waals surface area contributed by atoms with Crippen molar-refractivity contribution in [1.82, 2.24) is 4.90 Å². The van der Waals surface area contributed by atoms with Gasteiger partial charge in [-0.05, 0) is 18.8 Å². The molecule has 2 rings (SSSR count). The van der Waals surface area contributed by atoms with Crippen LogP contribution in [0.5, 0.6) is 0 Å². The zero-order valence-corrected chi connectivity index (χ0v) is 8.99. The first-order valence-corrected chi connectivity index (χ1v) is 6.01. The molecule has 0 aromatic carbocycles. The van der Waals surface area contributed by atoms with Crippen molar-refractivity contribution in [2.24, 2.45) is 11.7 Å². The number of hydrogen-bond acceptors (Lipinski definition) is 2. The molecule has 2 aliphatic rings. The lowest BCUT2D eigenvalue weighted by Gasteiger charge is -2.35. The van der Waals surface area contributed by atoms with Crippen molar-refractivity contribution in [2.45, 2.75) is 38.1 Å². The summed E-state index contributed by atoms with van der Waals surface area (Å²) >= 11 is 0. The van der Waals surface area contributed by atoms with Gasteiger partial charge in [-0.3, -0.25) is 4.90 Å². The summed E-state index contributed by atoms with van der Waals surface area (Å²) in [4.78, 5) is 2.54. The van der Waals surface area contributed by atoms with E-state index < -0.39 is 0 Å². The maximum absolute atomic E-state index is 5.91. The summed E-state index contributed by atoms with van der Waals surface area (Å²) in [5, 5.41) is 0. The molecule has 1 atom stereocenters. The van der Waals surface area contributed by atoms with Crippen molar-refractivity contribution in [1.29, 1.82) is 0 Å². The molecule has 0 aromatic rings. The summed E-state index contributed by atoms with van der Waals surface area (Å²) in [6.07, 6.45) is 11.6. The first-order chi connectivity index (χ1) is 6.92. The van der Waals surface area contributed by atoms with E-state index in [0.717, 1.165) is 25.6 Å². The van der Waals surface area contributed by atoms with Crippen LogP contribution >= 0.6 is 0 Å². The Bertz CT molecular complexity index is 186. The summed E-state index contributed by atoms with van der Waals surface area (Å²) in [5.74, 6) is 0.869. The van der Waals surface area contributed by atoms with E-state index in [0.29, 0.717) is 6.04 Å². The largest absolute Gasteiger partial charge is 0.329 e. The number of rotatable bonds is 3. The smallest absolute Gasteiger partial charge is 0.0253 e. The Kier molecular flexibility index (Phi) is 3.60. The van der Waals surface area contributed by atoms with Crippen LogP contribution in [0, 0.1) is 5.92 Å². The fourth-order valence-corrected chi connectivity index (χ4v) is 2.92. The van der Waals surface area contributed by atoms with Gasteiger partial charge in [0.25, 0.3) is 0 Å². The third kappa shape index (κ3) is 2.18. The summed E-state index contributed by atoms with van der Waals surface area (Å²) in [5.41, 5.74) is 5.91. The quantitative estimate of drug-likeness (QED) is 0.694. The molecule has 1 aliphatic heterocycles. The second kappa shape index (κ2) is 4.94. The van der Waals surface area contributed by atoms with Crippen molar-refractivity contribution >= 4 is 0 Å². The zero-order chi connectivity index (χ0) is 9.80. The lowest BCUT2D eigenvalue weighted by Crippen LogP contribution is -2.45. The van der Waals surface area contributed by atoms with Gasteiger partial charge in [-0.25, -0.2) is 0 Å². The van der Waals surface area contributed by atoms with Crippen LogP contribution in [-0.2, 0) is 0 Å². The highest BCUT2D eigenvalue weighted by molar-refractivity contribution is 4.99.